The molecule has 2 aromatic carbocycles. The maximum Gasteiger partial charge on any atom is 0.490 e. The van der Waals surface area contributed by atoms with E-state index >= 15 is 0 Å². The average Bonchev–Trinajstić information content (AvgIpc) is 3.72. The first-order valence-corrected chi connectivity index (χ1v) is 18.0. The highest BCUT2D eigenvalue weighted by atomic mass is 19.4. The number of piperidine rings is 2. The van der Waals surface area contributed by atoms with Crippen LogP contribution in [0.25, 0.3) is 0 Å². The van der Waals surface area contributed by atoms with Crippen molar-refractivity contribution in [2.45, 2.75) is 84.9 Å². The van der Waals surface area contributed by atoms with Crippen molar-refractivity contribution in [1.82, 2.24) is 10.2 Å². The Morgan fingerprint density at radius 2 is 1.21 bits per heavy atom. The first kappa shape index (κ1) is 40.6. The van der Waals surface area contributed by atoms with E-state index in [-0.39, 0.29) is 11.5 Å². The minimum absolute atomic E-state index is 0.193. The predicted molar refractivity (Wildman–Crippen MR) is 194 cm³/mol. The molecule has 0 unspecified atom stereocenters. The van der Waals surface area contributed by atoms with Gasteiger partial charge in [-0.25, -0.2) is 9.59 Å². The molecule has 4 aliphatic rings. The number of hydrogen-bond acceptors (Lipinski definition) is 8. The lowest BCUT2D eigenvalue weighted by Gasteiger charge is -2.40. The molecular formula is C39H53F3N4O6. The van der Waals surface area contributed by atoms with E-state index in [1.54, 1.807) is 0 Å². The number of likely N-dealkylation sites (tertiary alicyclic amines) is 1. The molecule has 2 N–H and O–H groups in total. The molecular weight excluding hydrogens is 677 g/mol. The number of aldehydes is 2. The Bertz CT molecular complexity index is 1570. The second-order valence-electron chi connectivity index (χ2n) is 15.7. The SMILES string of the molecule is Cc1ccc(C=O)c(N2CCC3(CCN(C(=O)OC(C)(C)C)C3)CC2)c1.Cc1ccc(C=O)c(N2CCC3(CCNC3)CC2)c1.O=C(O)C(F)(F)F. The number of carbonyl (C=O) groups excluding carboxylic acids is 3. The number of nitrogens with one attached hydrogen (secondary N) is 1. The number of halogens is 3. The van der Waals surface area contributed by atoms with Crippen LogP contribution in [0, 0.1) is 24.7 Å². The van der Waals surface area contributed by atoms with Crippen molar-refractivity contribution in [3.63, 3.8) is 0 Å². The van der Waals surface area contributed by atoms with Crippen LogP contribution < -0.4 is 15.1 Å². The summed E-state index contributed by atoms with van der Waals surface area (Å²) in [5, 5.41) is 10.6. The Kier molecular flexibility index (Phi) is 13.0. The number of alkyl halides is 3. The zero-order valence-corrected chi connectivity index (χ0v) is 31.0. The first-order valence-electron chi connectivity index (χ1n) is 18.0. The van der Waals surface area contributed by atoms with Crippen LogP contribution in [-0.4, -0.2) is 98.8 Å². The molecule has 0 aromatic heterocycles. The molecule has 0 atom stereocenters. The van der Waals surface area contributed by atoms with E-state index in [1.807, 2.05) is 49.9 Å². The first-order chi connectivity index (χ1) is 24.4. The third-order valence-electron chi connectivity index (χ3n) is 10.6. The quantitative estimate of drug-likeness (QED) is 0.319. The van der Waals surface area contributed by atoms with Gasteiger partial charge in [0.25, 0.3) is 0 Å². The van der Waals surface area contributed by atoms with Crippen LogP contribution in [0.3, 0.4) is 0 Å². The lowest BCUT2D eigenvalue weighted by Crippen LogP contribution is -2.43. The fraction of sp³-hybridized carbons (Fsp3) is 0.590. The fourth-order valence-electron chi connectivity index (χ4n) is 7.55. The van der Waals surface area contributed by atoms with Gasteiger partial charge in [-0.15, -0.1) is 0 Å². The van der Waals surface area contributed by atoms with E-state index in [0.717, 1.165) is 93.6 Å². The summed E-state index contributed by atoms with van der Waals surface area (Å²) in [6.45, 7) is 17.8. The molecule has 13 heteroatoms. The average molecular weight is 731 g/mol. The summed E-state index contributed by atoms with van der Waals surface area (Å²) in [4.78, 5) is 50.4. The molecule has 0 radical (unpaired) electrons. The number of rotatable bonds is 4. The number of carboxylic acid groups (broad SMARTS) is 1. The van der Waals surface area contributed by atoms with E-state index < -0.39 is 17.7 Å². The topological polar surface area (TPSA) is 119 Å². The number of ether oxygens (including phenoxy) is 1. The van der Waals surface area contributed by atoms with Gasteiger partial charge in [0, 0.05) is 68.3 Å². The monoisotopic (exact) mass is 730 g/mol. The summed E-state index contributed by atoms with van der Waals surface area (Å²) in [7, 11) is 0. The van der Waals surface area contributed by atoms with Crippen LogP contribution in [0.5, 0.6) is 0 Å². The maximum atomic E-state index is 12.3. The second kappa shape index (κ2) is 16.7. The summed E-state index contributed by atoms with van der Waals surface area (Å²) in [5.41, 5.74) is 6.41. The van der Waals surface area contributed by atoms with Crippen LogP contribution in [0.4, 0.5) is 29.3 Å². The van der Waals surface area contributed by atoms with Gasteiger partial charge in [0.2, 0.25) is 0 Å². The van der Waals surface area contributed by atoms with E-state index in [0.29, 0.717) is 5.41 Å². The Labute approximate surface area is 304 Å². The Hall–Kier alpha value is -4.13. The second-order valence-corrected chi connectivity index (χ2v) is 15.7. The number of carboxylic acids is 1. The zero-order valence-electron chi connectivity index (χ0n) is 31.0. The molecule has 0 aliphatic carbocycles. The number of carbonyl (C=O) groups is 4. The predicted octanol–water partition coefficient (Wildman–Crippen LogP) is 7.06. The van der Waals surface area contributed by atoms with Gasteiger partial charge in [0.1, 0.15) is 5.60 Å². The van der Waals surface area contributed by atoms with Gasteiger partial charge < -0.3 is 29.9 Å². The zero-order chi connectivity index (χ0) is 38.3. The molecule has 4 aliphatic heterocycles. The number of hydrogen-bond donors (Lipinski definition) is 2. The standard InChI is InChI=1S/C21H30N2O3.C16H22N2O.C2HF3O2/c1-16-5-6-17(14-24)18(13-16)22-10-7-21(8-11-22)9-12-23(15-21)19(25)26-20(2,3)4;1-13-2-3-14(11-19)15(10-13)18-8-5-16(6-9-18)4-7-17-12-16;3-2(4,5)1(6)7/h5-6,13-14H,7-12,15H2,1-4H3;2-3,10-11,17H,4-9,12H2,1H3;(H,6,7). The number of aliphatic carboxylic acids is 1. The number of anilines is 2. The molecule has 4 heterocycles. The third kappa shape index (κ3) is 10.7. The number of nitrogens with zero attached hydrogens (tertiary/aromatic N) is 3. The smallest absolute Gasteiger partial charge is 0.475 e. The molecule has 4 fully saturated rings. The van der Waals surface area contributed by atoms with Crippen molar-refractivity contribution < 1.29 is 42.2 Å². The van der Waals surface area contributed by atoms with Crippen molar-refractivity contribution in [2.24, 2.45) is 10.8 Å². The van der Waals surface area contributed by atoms with Gasteiger partial charge in [0.15, 0.2) is 12.6 Å². The Morgan fingerprint density at radius 3 is 1.60 bits per heavy atom. The van der Waals surface area contributed by atoms with Crippen molar-refractivity contribution in [1.29, 1.82) is 0 Å². The summed E-state index contributed by atoms with van der Waals surface area (Å²) < 4.78 is 37.3. The summed E-state index contributed by atoms with van der Waals surface area (Å²) in [5.74, 6) is -2.76. The molecule has 52 heavy (non-hydrogen) atoms. The minimum atomic E-state index is -5.08. The molecule has 2 aromatic rings. The van der Waals surface area contributed by atoms with Crippen LogP contribution in [-0.2, 0) is 9.53 Å². The number of aryl methyl sites for hydroxylation is 2. The summed E-state index contributed by atoms with van der Waals surface area (Å²) in [6, 6.07) is 12.1. The molecule has 0 saturated carbocycles. The fourth-order valence-corrected chi connectivity index (χ4v) is 7.55. The van der Waals surface area contributed by atoms with Crippen LogP contribution in [0.2, 0.25) is 0 Å². The van der Waals surface area contributed by atoms with E-state index in [4.69, 9.17) is 14.6 Å². The van der Waals surface area contributed by atoms with Crippen molar-refractivity contribution in [3.8, 4) is 0 Å². The summed E-state index contributed by atoms with van der Waals surface area (Å²) >= 11 is 0. The molecule has 10 nitrogen and oxygen atoms in total. The molecule has 4 saturated heterocycles. The third-order valence-corrected chi connectivity index (χ3v) is 10.6. The van der Waals surface area contributed by atoms with E-state index in [9.17, 15) is 27.6 Å². The van der Waals surface area contributed by atoms with Gasteiger partial charge in [-0.2, -0.15) is 13.2 Å². The van der Waals surface area contributed by atoms with Gasteiger partial charge >= 0.3 is 18.2 Å². The highest BCUT2D eigenvalue weighted by Gasteiger charge is 2.43. The van der Waals surface area contributed by atoms with Gasteiger partial charge in [-0.1, -0.05) is 12.1 Å². The highest BCUT2D eigenvalue weighted by molar-refractivity contribution is 5.85. The lowest BCUT2D eigenvalue weighted by atomic mass is 9.77. The minimum Gasteiger partial charge on any atom is -0.475 e. The molecule has 286 valence electrons. The van der Waals surface area contributed by atoms with E-state index in [2.05, 4.69) is 41.1 Å². The largest absolute Gasteiger partial charge is 0.490 e. The Morgan fingerprint density at radius 1 is 0.769 bits per heavy atom. The maximum absolute atomic E-state index is 12.3. The van der Waals surface area contributed by atoms with Gasteiger partial charge in [-0.3, -0.25) is 9.59 Å². The highest BCUT2D eigenvalue weighted by Crippen LogP contribution is 2.42. The van der Waals surface area contributed by atoms with Gasteiger partial charge in [0.05, 0.1) is 0 Å². The van der Waals surface area contributed by atoms with Crippen molar-refractivity contribution >= 4 is 36.0 Å². The van der Waals surface area contributed by atoms with Crippen molar-refractivity contribution in [3.05, 3.63) is 58.7 Å². The van der Waals surface area contributed by atoms with Crippen LogP contribution >= 0.6 is 0 Å². The molecule has 1 amide bonds. The number of benzene rings is 2. The van der Waals surface area contributed by atoms with Gasteiger partial charge in [-0.05, 0) is 126 Å². The van der Waals surface area contributed by atoms with Crippen LogP contribution in [0.1, 0.15) is 91.1 Å². The van der Waals surface area contributed by atoms with Crippen molar-refractivity contribution in [2.75, 3.05) is 62.2 Å². The molecule has 2 spiro atoms. The lowest BCUT2D eigenvalue weighted by molar-refractivity contribution is -0.192. The van der Waals surface area contributed by atoms with E-state index in [1.165, 1.54) is 43.5 Å². The molecule has 0 bridgehead atoms. The Balaban J connectivity index is 0.000000203. The number of amides is 1. The van der Waals surface area contributed by atoms with Crippen LogP contribution in [0.15, 0.2) is 36.4 Å². The summed E-state index contributed by atoms with van der Waals surface area (Å²) in [6.07, 6.45) is 3.56. The normalized spacial score (nSPS) is 19.3. The molecule has 6 rings (SSSR count).